The molecule has 0 bridgehead atoms. The standard InChI is InChI=1S/C18H11ClF3N7O6/c19-12-6-1-9(7-13(12)28(31)32)17(30)27-26-16-14(29(33)34)15(23-8-24-16)25-10-2-4-11(5-3-10)35-18(20,21)22/h1-8H,(H,27,30)(H2,23,24,25,26). The summed E-state index contributed by atoms with van der Waals surface area (Å²) in [5.41, 5.74) is 3.07. The first-order valence-corrected chi connectivity index (χ1v) is 9.45. The van der Waals surface area contributed by atoms with Crippen LogP contribution in [0.2, 0.25) is 5.02 Å². The van der Waals surface area contributed by atoms with E-state index in [1.165, 1.54) is 6.07 Å². The van der Waals surface area contributed by atoms with Crippen LogP contribution in [0.4, 0.5) is 41.9 Å². The van der Waals surface area contributed by atoms with Crippen LogP contribution in [0.5, 0.6) is 5.75 Å². The molecule has 0 aliphatic heterocycles. The molecule has 0 fully saturated rings. The van der Waals surface area contributed by atoms with Crippen molar-refractivity contribution in [2.24, 2.45) is 0 Å². The van der Waals surface area contributed by atoms with Crippen LogP contribution in [-0.2, 0) is 0 Å². The average molecular weight is 514 g/mol. The molecule has 0 aliphatic rings. The molecular weight excluding hydrogens is 503 g/mol. The number of carbonyl (C=O) groups excluding carboxylic acids is 1. The van der Waals surface area contributed by atoms with E-state index in [4.69, 9.17) is 11.6 Å². The number of nitrogens with one attached hydrogen (secondary N) is 3. The normalized spacial score (nSPS) is 10.9. The van der Waals surface area contributed by atoms with Gasteiger partial charge in [-0.05, 0) is 36.4 Å². The molecule has 2 aromatic carbocycles. The number of rotatable bonds is 8. The fraction of sp³-hybridized carbons (Fsp3) is 0.0556. The predicted molar refractivity (Wildman–Crippen MR) is 114 cm³/mol. The zero-order valence-electron chi connectivity index (χ0n) is 16.9. The van der Waals surface area contributed by atoms with Crippen molar-refractivity contribution in [1.29, 1.82) is 0 Å². The van der Waals surface area contributed by atoms with E-state index in [9.17, 15) is 38.2 Å². The lowest BCUT2D eigenvalue weighted by molar-refractivity contribution is -0.384. The van der Waals surface area contributed by atoms with Crippen LogP contribution >= 0.6 is 11.6 Å². The molecule has 0 unspecified atom stereocenters. The molecule has 182 valence electrons. The second kappa shape index (κ2) is 10.0. The van der Waals surface area contributed by atoms with Gasteiger partial charge < -0.3 is 10.1 Å². The Morgan fingerprint density at radius 3 is 2.26 bits per heavy atom. The van der Waals surface area contributed by atoms with Crippen molar-refractivity contribution < 1.29 is 32.5 Å². The Bertz CT molecular complexity index is 1290. The van der Waals surface area contributed by atoms with Gasteiger partial charge in [-0.1, -0.05) is 11.6 Å². The van der Waals surface area contributed by atoms with E-state index in [1.807, 2.05) is 0 Å². The SMILES string of the molecule is O=C(NNc1ncnc(Nc2ccc(OC(F)(F)F)cc2)c1[N+](=O)[O-])c1ccc(Cl)c([N+](=O)[O-])c1. The van der Waals surface area contributed by atoms with E-state index in [0.717, 1.165) is 42.7 Å². The first kappa shape index (κ1) is 24.9. The first-order chi connectivity index (χ1) is 16.4. The molecule has 0 aliphatic carbocycles. The lowest BCUT2D eigenvalue weighted by atomic mass is 10.2. The Morgan fingerprint density at radius 2 is 1.66 bits per heavy atom. The summed E-state index contributed by atoms with van der Waals surface area (Å²) < 4.78 is 40.6. The van der Waals surface area contributed by atoms with Gasteiger partial charge in [0, 0.05) is 17.3 Å². The summed E-state index contributed by atoms with van der Waals surface area (Å²) in [5, 5.41) is 25.0. The van der Waals surface area contributed by atoms with Gasteiger partial charge in [-0.3, -0.25) is 35.9 Å². The number of aromatic nitrogens is 2. The lowest BCUT2D eigenvalue weighted by Crippen LogP contribution is -2.30. The fourth-order valence-corrected chi connectivity index (χ4v) is 2.78. The lowest BCUT2D eigenvalue weighted by Gasteiger charge is -2.12. The van der Waals surface area contributed by atoms with Crippen LogP contribution in [0, 0.1) is 20.2 Å². The van der Waals surface area contributed by atoms with Crippen molar-refractivity contribution in [2.45, 2.75) is 6.36 Å². The predicted octanol–water partition coefficient (Wildman–Crippen LogP) is 4.35. The van der Waals surface area contributed by atoms with Crippen molar-refractivity contribution >= 4 is 46.2 Å². The van der Waals surface area contributed by atoms with Crippen molar-refractivity contribution in [2.75, 3.05) is 10.7 Å². The summed E-state index contributed by atoms with van der Waals surface area (Å²) in [7, 11) is 0. The average Bonchev–Trinajstić information content (AvgIpc) is 2.77. The summed E-state index contributed by atoms with van der Waals surface area (Å²) in [5.74, 6) is -2.21. The topological polar surface area (TPSA) is 174 Å². The van der Waals surface area contributed by atoms with E-state index in [0.29, 0.717) is 0 Å². The number of halogens is 4. The van der Waals surface area contributed by atoms with Gasteiger partial charge in [0.05, 0.1) is 9.85 Å². The maximum absolute atomic E-state index is 12.3. The number of hydrazine groups is 1. The molecule has 1 heterocycles. The number of anilines is 3. The molecule has 0 atom stereocenters. The van der Waals surface area contributed by atoms with Gasteiger partial charge >= 0.3 is 12.0 Å². The molecule has 17 heteroatoms. The summed E-state index contributed by atoms with van der Waals surface area (Å²) in [6, 6.07) is 7.52. The van der Waals surface area contributed by atoms with E-state index >= 15 is 0 Å². The number of alkyl halides is 3. The highest BCUT2D eigenvalue weighted by Crippen LogP contribution is 2.32. The number of hydrogen-bond acceptors (Lipinski definition) is 10. The Kier molecular flexibility index (Phi) is 7.14. The summed E-state index contributed by atoms with van der Waals surface area (Å²) in [4.78, 5) is 40.7. The second-order valence-corrected chi connectivity index (χ2v) is 6.78. The minimum absolute atomic E-state index is 0.129. The number of amides is 1. The smallest absolute Gasteiger partial charge is 0.406 e. The minimum atomic E-state index is -4.89. The van der Waals surface area contributed by atoms with Crippen LogP contribution in [0.1, 0.15) is 10.4 Å². The molecule has 13 nitrogen and oxygen atoms in total. The van der Waals surface area contributed by atoms with E-state index in [1.54, 1.807) is 0 Å². The fourth-order valence-electron chi connectivity index (χ4n) is 2.59. The number of ether oxygens (including phenoxy) is 1. The molecule has 3 N–H and O–H groups in total. The Labute approximate surface area is 197 Å². The number of nitro groups is 2. The van der Waals surface area contributed by atoms with Crippen molar-refractivity contribution in [3.63, 3.8) is 0 Å². The third kappa shape index (κ3) is 6.41. The Balaban J connectivity index is 1.78. The van der Waals surface area contributed by atoms with Gasteiger partial charge in [-0.2, -0.15) is 0 Å². The Hall–Kier alpha value is -4.73. The number of carbonyl (C=O) groups is 1. The third-order valence-corrected chi connectivity index (χ3v) is 4.37. The molecule has 0 saturated heterocycles. The van der Waals surface area contributed by atoms with Crippen LogP contribution < -0.4 is 20.9 Å². The van der Waals surface area contributed by atoms with Crippen molar-refractivity contribution in [3.05, 3.63) is 79.6 Å². The largest absolute Gasteiger partial charge is 0.573 e. The van der Waals surface area contributed by atoms with E-state index in [2.05, 4.69) is 30.9 Å². The van der Waals surface area contributed by atoms with E-state index < -0.39 is 45.1 Å². The third-order valence-electron chi connectivity index (χ3n) is 4.05. The van der Waals surface area contributed by atoms with Crippen LogP contribution in [0.25, 0.3) is 0 Å². The van der Waals surface area contributed by atoms with Gasteiger partial charge in [0.15, 0.2) is 0 Å². The van der Waals surface area contributed by atoms with Gasteiger partial charge in [0.25, 0.3) is 11.6 Å². The molecule has 0 radical (unpaired) electrons. The highest BCUT2D eigenvalue weighted by Gasteiger charge is 2.31. The van der Waals surface area contributed by atoms with E-state index in [-0.39, 0.29) is 22.1 Å². The molecule has 1 amide bonds. The van der Waals surface area contributed by atoms with Crippen molar-refractivity contribution in [3.8, 4) is 5.75 Å². The molecule has 0 spiro atoms. The molecule has 3 rings (SSSR count). The maximum atomic E-state index is 12.3. The molecule has 0 saturated carbocycles. The first-order valence-electron chi connectivity index (χ1n) is 9.07. The summed E-state index contributed by atoms with van der Waals surface area (Å²) >= 11 is 5.70. The minimum Gasteiger partial charge on any atom is -0.406 e. The van der Waals surface area contributed by atoms with Gasteiger partial charge in [0.2, 0.25) is 11.6 Å². The highest BCUT2D eigenvalue weighted by atomic mass is 35.5. The van der Waals surface area contributed by atoms with Crippen LogP contribution in [-0.4, -0.2) is 32.1 Å². The molecule has 3 aromatic rings. The quantitative estimate of drug-likeness (QED) is 0.290. The molecular formula is C18H11ClF3N7O6. The van der Waals surface area contributed by atoms with Gasteiger partial charge in [-0.25, -0.2) is 9.97 Å². The second-order valence-electron chi connectivity index (χ2n) is 6.38. The maximum Gasteiger partial charge on any atom is 0.573 e. The zero-order valence-corrected chi connectivity index (χ0v) is 17.6. The molecule has 1 aromatic heterocycles. The number of nitrogens with zero attached hydrogens (tertiary/aromatic N) is 4. The van der Waals surface area contributed by atoms with Crippen LogP contribution in [0.3, 0.4) is 0 Å². The van der Waals surface area contributed by atoms with Gasteiger partial charge in [-0.15, -0.1) is 13.2 Å². The zero-order chi connectivity index (χ0) is 25.8. The summed E-state index contributed by atoms with van der Waals surface area (Å²) in [6.07, 6.45) is -3.97. The highest BCUT2D eigenvalue weighted by molar-refractivity contribution is 6.32. The molecule has 35 heavy (non-hydrogen) atoms. The summed E-state index contributed by atoms with van der Waals surface area (Å²) in [6.45, 7) is 0. The van der Waals surface area contributed by atoms with Crippen LogP contribution in [0.15, 0.2) is 48.8 Å². The van der Waals surface area contributed by atoms with Crippen molar-refractivity contribution in [1.82, 2.24) is 15.4 Å². The number of benzene rings is 2. The Morgan fingerprint density at radius 1 is 1.00 bits per heavy atom. The van der Waals surface area contributed by atoms with Gasteiger partial charge in [0.1, 0.15) is 17.1 Å². The number of hydrogen-bond donors (Lipinski definition) is 3. The monoisotopic (exact) mass is 513 g/mol. The number of nitro benzene ring substituents is 1.